The highest BCUT2D eigenvalue weighted by molar-refractivity contribution is 6.00. The summed E-state index contributed by atoms with van der Waals surface area (Å²) in [6.45, 7) is 4.81. The Bertz CT molecular complexity index is 538. The molecule has 3 heteroatoms. The smallest absolute Gasteiger partial charge is 0.247 e. The number of para-hydroxylation sites is 1. The number of benzene rings is 1. The van der Waals surface area contributed by atoms with Crippen molar-refractivity contribution < 1.29 is 4.79 Å². The van der Waals surface area contributed by atoms with Crippen LogP contribution < -0.4 is 4.90 Å². The molecular formula is C18H24N2O. The molecule has 0 radical (unpaired) electrons. The topological polar surface area (TPSA) is 44.1 Å². The van der Waals surface area contributed by atoms with Crippen molar-refractivity contribution in [2.75, 3.05) is 11.4 Å². The molecule has 0 bridgehead atoms. The summed E-state index contributed by atoms with van der Waals surface area (Å²) >= 11 is 0. The van der Waals surface area contributed by atoms with Gasteiger partial charge in [-0.3, -0.25) is 4.79 Å². The molecule has 21 heavy (non-hydrogen) atoms. The standard InChI is InChI=1S/C18H24N2O/c1-3-11-18(14-19,12-4-2)17(21)20-13-7-9-15-8-5-6-10-16(15)20/h5-6,8,10H,3-4,7,9,11-13H2,1-2H3. The van der Waals surface area contributed by atoms with Gasteiger partial charge in [-0.1, -0.05) is 44.9 Å². The van der Waals surface area contributed by atoms with E-state index in [0.717, 1.165) is 37.9 Å². The summed E-state index contributed by atoms with van der Waals surface area (Å²) in [6, 6.07) is 10.4. The van der Waals surface area contributed by atoms with E-state index in [-0.39, 0.29) is 5.91 Å². The van der Waals surface area contributed by atoms with Crippen molar-refractivity contribution in [3.63, 3.8) is 0 Å². The number of nitrogens with zero attached hydrogens (tertiary/aromatic N) is 2. The van der Waals surface area contributed by atoms with Crippen molar-refractivity contribution in [3.05, 3.63) is 29.8 Å². The normalized spacial score (nSPS) is 14.4. The fraction of sp³-hybridized carbons (Fsp3) is 0.556. The molecule has 0 saturated heterocycles. The van der Waals surface area contributed by atoms with Crippen molar-refractivity contribution in [1.29, 1.82) is 5.26 Å². The number of carbonyl (C=O) groups excluding carboxylic acids is 1. The molecule has 2 rings (SSSR count). The summed E-state index contributed by atoms with van der Waals surface area (Å²) in [5.74, 6) is 0.000787. The minimum absolute atomic E-state index is 0.000787. The molecule has 1 amide bonds. The van der Waals surface area contributed by atoms with Crippen LogP contribution in [0.2, 0.25) is 0 Å². The van der Waals surface area contributed by atoms with Crippen LogP contribution in [0.4, 0.5) is 5.69 Å². The first-order valence-electron chi connectivity index (χ1n) is 7.99. The van der Waals surface area contributed by atoms with Crippen molar-refractivity contribution in [2.45, 2.75) is 52.4 Å². The van der Waals surface area contributed by atoms with E-state index >= 15 is 0 Å². The lowest BCUT2D eigenvalue weighted by molar-refractivity contribution is -0.126. The minimum atomic E-state index is -0.853. The average molecular weight is 284 g/mol. The summed E-state index contributed by atoms with van der Waals surface area (Å²) in [5.41, 5.74) is 1.37. The van der Waals surface area contributed by atoms with Gasteiger partial charge in [-0.15, -0.1) is 0 Å². The molecule has 0 N–H and O–H groups in total. The van der Waals surface area contributed by atoms with Gasteiger partial charge < -0.3 is 4.90 Å². The highest BCUT2D eigenvalue weighted by Crippen LogP contribution is 2.36. The molecule has 0 aromatic heterocycles. The first kappa shape index (κ1) is 15.6. The molecule has 1 heterocycles. The van der Waals surface area contributed by atoms with Crippen LogP contribution in [0.1, 0.15) is 51.5 Å². The number of aryl methyl sites for hydroxylation is 1. The molecule has 0 aliphatic carbocycles. The second kappa shape index (κ2) is 6.76. The van der Waals surface area contributed by atoms with Crippen molar-refractivity contribution in [2.24, 2.45) is 5.41 Å². The summed E-state index contributed by atoms with van der Waals surface area (Å²) in [5, 5.41) is 9.69. The van der Waals surface area contributed by atoms with Crippen LogP contribution in [0.15, 0.2) is 24.3 Å². The highest BCUT2D eigenvalue weighted by Gasteiger charge is 2.41. The zero-order valence-electron chi connectivity index (χ0n) is 13.1. The van der Waals surface area contributed by atoms with Gasteiger partial charge in [0.1, 0.15) is 5.41 Å². The Kier molecular flexibility index (Phi) is 5.01. The highest BCUT2D eigenvalue weighted by atomic mass is 16.2. The molecule has 1 aromatic rings. The van der Waals surface area contributed by atoms with Gasteiger partial charge in [0.05, 0.1) is 6.07 Å². The number of carbonyl (C=O) groups is 1. The van der Waals surface area contributed by atoms with Gasteiger partial charge in [0.2, 0.25) is 5.91 Å². The number of hydrogen-bond acceptors (Lipinski definition) is 2. The molecule has 0 atom stereocenters. The van der Waals surface area contributed by atoms with E-state index in [1.165, 1.54) is 5.56 Å². The van der Waals surface area contributed by atoms with Crippen LogP contribution >= 0.6 is 0 Å². The predicted octanol–water partition coefficient (Wildman–Crippen LogP) is 4.08. The van der Waals surface area contributed by atoms with Crippen molar-refractivity contribution in [1.82, 2.24) is 0 Å². The van der Waals surface area contributed by atoms with Crippen LogP contribution in [0, 0.1) is 16.7 Å². The maximum Gasteiger partial charge on any atom is 0.247 e. The largest absolute Gasteiger partial charge is 0.311 e. The van der Waals surface area contributed by atoms with E-state index in [9.17, 15) is 10.1 Å². The maximum atomic E-state index is 13.1. The number of fused-ring (bicyclic) bond motifs is 1. The third-order valence-electron chi connectivity index (χ3n) is 4.33. The number of hydrogen-bond donors (Lipinski definition) is 0. The Morgan fingerprint density at radius 3 is 2.57 bits per heavy atom. The Morgan fingerprint density at radius 1 is 1.29 bits per heavy atom. The molecule has 112 valence electrons. The molecule has 0 fully saturated rings. The summed E-state index contributed by atoms with van der Waals surface area (Å²) in [4.78, 5) is 15.0. The van der Waals surface area contributed by atoms with Gasteiger partial charge in [0.15, 0.2) is 0 Å². The summed E-state index contributed by atoms with van der Waals surface area (Å²) in [7, 11) is 0. The molecule has 1 aliphatic heterocycles. The van der Waals surface area contributed by atoms with Crippen LogP contribution in [-0.2, 0) is 11.2 Å². The molecule has 1 aromatic carbocycles. The lowest BCUT2D eigenvalue weighted by atomic mass is 9.78. The van der Waals surface area contributed by atoms with Gasteiger partial charge in [-0.05, 0) is 37.3 Å². The SMILES string of the molecule is CCCC(C#N)(CCC)C(=O)N1CCCc2ccccc21. The zero-order chi connectivity index (χ0) is 15.3. The Morgan fingerprint density at radius 2 is 1.95 bits per heavy atom. The van der Waals surface area contributed by atoms with Crippen molar-refractivity contribution >= 4 is 11.6 Å². The monoisotopic (exact) mass is 284 g/mol. The van der Waals surface area contributed by atoms with E-state index in [4.69, 9.17) is 0 Å². The Balaban J connectivity index is 2.36. The number of nitriles is 1. The quantitative estimate of drug-likeness (QED) is 0.818. The third-order valence-corrected chi connectivity index (χ3v) is 4.33. The molecule has 0 unspecified atom stereocenters. The lowest BCUT2D eigenvalue weighted by Crippen LogP contribution is -2.45. The summed E-state index contributed by atoms with van der Waals surface area (Å²) < 4.78 is 0. The van der Waals surface area contributed by atoms with E-state index in [1.807, 2.05) is 36.9 Å². The number of rotatable bonds is 5. The molecule has 0 saturated carbocycles. The minimum Gasteiger partial charge on any atom is -0.311 e. The summed E-state index contributed by atoms with van der Waals surface area (Å²) in [6.07, 6.45) is 5.00. The predicted molar refractivity (Wildman–Crippen MR) is 85.0 cm³/mol. The average Bonchev–Trinajstić information content (AvgIpc) is 2.53. The second-order valence-electron chi connectivity index (χ2n) is 5.88. The van der Waals surface area contributed by atoms with Gasteiger partial charge in [-0.25, -0.2) is 0 Å². The maximum absolute atomic E-state index is 13.1. The first-order chi connectivity index (χ1) is 10.2. The van der Waals surface area contributed by atoms with E-state index < -0.39 is 5.41 Å². The molecule has 0 spiro atoms. The van der Waals surface area contributed by atoms with Gasteiger partial charge in [0, 0.05) is 12.2 Å². The number of anilines is 1. The molecular weight excluding hydrogens is 260 g/mol. The lowest BCUT2D eigenvalue weighted by Gasteiger charge is -2.35. The van der Waals surface area contributed by atoms with Gasteiger partial charge >= 0.3 is 0 Å². The Labute approximate surface area is 127 Å². The Hall–Kier alpha value is -1.82. The van der Waals surface area contributed by atoms with Crippen LogP contribution in [0.25, 0.3) is 0 Å². The van der Waals surface area contributed by atoms with E-state index in [1.54, 1.807) is 0 Å². The van der Waals surface area contributed by atoms with Gasteiger partial charge in [-0.2, -0.15) is 5.26 Å². The van der Waals surface area contributed by atoms with E-state index in [0.29, 0.717) is 12.8 Å². The fourth-order valence-electron chi connectivity index (χ4n) is 3.35. The zero-order valence-corrected chi connectivity index (χ0v) is 13.1. The molecule has 3 nitrogen and oxygen atoms in total. The van der Waals surface area contributed by atoms with Gasteiger partial charge in [0.25, 0.3) is 0 Å². The second-order valence-corrected chi connectivity index (χ2v) is 5.88. The van der Waals surface area contributed by atoms with Crippen LogP contribution in [0.5, 0.6) is 0 Å². The van der Waals surface area contributed by atoms with Crippen molar-refractivity contribution in [3.8, 4) is 6.07 Å². The number of amides is 1. The molecule has 1 aliphatic rings. The third kappa shape index (κ3) is 2.95. The van der Waals surface area contributed by atoms with E-state index in [2.05, 4.69) is 12.1 Å². The fourth-order valence-corrected chi connectivity index (χ4v) is 3.35. The first-order valence-corrected chi connectivity index (χ1v) is 7.99. The van der Waals surface area contributed by atoms with Crippen LogP contribution in [-0.4, -0.2) is 12.5 Å². The van der Waals surface area contributed by atoms with Crippen LogP contribution in [0.3, 0.4) is 0 Å².